The van der Waals surface area contributed by atoms with Crippen LogP contribution in [-0.4, -0.2) is 30.6 Å². The molecular formula is C6H15NS. The van der Waals surface area contributed by atoms with Gasteiger partial charge in [0.25, 0.3) is 0 Å². The third-order valence-electron chi connectivity index (χ3n) is 0.698. The third kappa shape index (κ3) is 6.31. The van der Waals surface area contributed by atoms with Gasteiger partial charge in [-0.2, -0.15) is 0 Å². The predicted octanol–water partition coefficient (Wildman–Crippen LogP) is 1.65. The molecule has 0 aliphatic rings. The molecule has 0 N–H and O–H groups in total. The van der Waals surface area contributed by atoms with Crippen LogP contribution in [0, 0.1) is 0 Å². The Balaban J connectivity index is 2.72. The van der Waals surface area contributed by atoms with Crippen LogP contribution in [0.1, 0.15) is 13.3 Å². The zero-order chi connectivity index (χ0) is 6.41. The molecule has 0 atom stereocenters. The second kappa shape index (κ2) is 5.45. The summed E-state index contributed by atoms with van der Waals surface area (Å²) in [6.45, 7) is 2.21. The first-order chi connectivity index (χ1) is 3.77. The standard InChI is InChI=1S/C6H15NS/c1-4-5-8-6-7(2)3/h4-6H2,1-3H3. The van der Waals surface area contributed by atoms with E-state index in [0.717, 1.165) is 5.88 Å². The Bertz CT molecular complexity index is 45.8. The molecule has 0 aliphatic heterocycles. The quantitative estimate of drug-likeness (QED) is 0.424. The smallest absolute Gasteiger partial charge is 0.0438 e. The van der Waals surface area contributed by atoms with Crippen molar-refractivity contribution in [2.45, 2.75) is 13.3 Å². The first-order valence-corrected chi connectivity index (χ1v) is 4.15. The minimum Gasteiger partial charge on any atom is -0.300 e. The SMILES string of the molecule is CCCSCN(C)C. The zero-order valence-electron chi connectivity index (χ0n) is 5.98. The van der Waals surface area contributed by atoms with Gasteiger partial charge in [0, 0.05) is 5.88 Å². The molecule has 0 heterocycles. The van der Waals surface area contributed by atoms with Crippen molar-refractivity contribution in [3.63, 3.8) is 0 Å². The van der Waals surface area contributed by atoms with Crippen molar-refractivity contribution in [3.05, 3.63) is 0 Å². The summed E-state index contributed by atoms with van der Waals surface area (Å²) in [4.78, 5) is 2.19. The van der Waals surface area contributed by atoms with Crippen LogP contribution in [0.5, 0.6) is 0 Å². The summed E-state index contributed by atoms with van der Waals surface area (Å²) in [5.74, 6) is 2.45. The monoisotopic (exact) mass is 133 g/mol. The van der Waals surface area contributed by atoms with Crippen LogP contribution >= 0.6 is 11.8 Å². The van der Waals surface area contributed by atoms with Gasteiger partial charge in [0.1, 0.15) is 0 Å². The Kier molecular flexibility index (Phi) is 5.66. The predicted molar refractivity (Wildman–Crippen MR) is 41.3 cm³/mol. The molecule has 0 saturated heterocycles. The molecular weight excluding hydrogens is 118 g/mol. The van der Waals surface area contributed by atoms with E-state index in [1.54, 1.807) is 0 Å². The highest BCUT2D eigenvalue weighted by atomic mass is 32.2. The van der Waals surface area contributed by atoms with Crippen molar-refractivity contribution in [1.29, 1.82) is 0 Å². The first-order valence-electron chi connectivity index (χ1n) is 3.00. The summed E-state index contributed by atoms with van der Waals surface area (Å²) < 4.78 is 0. The minimum atomic E-state index is 1.16. The molecule has 0 rings (SSSR count). The molecule has 0 spiro atoms. The number of hydrogen-bond acceptors (Lipinski definition) is 2. The largest absolute Gasteiger partial charge is 0.300 e. The topological polar surface area (TPSA) is 3.24 Å². The average molecular weight is 133 g/mol. The van der Waals surface area contributed by atoms with E-state index in [1.807, 2.05) is 11.8 Å². The Hall–Kier alpha value is 0.310. The van der Waals surface area contributed by atoms with Crippen LogP contribution in [0.4, 0.5) is 0 Å². The van der Waals surface area contributed by atoms with Gasteiger partial charge in [0.15, 0.2) is 0 Å². The van der Waals surface area contributed by atoms with Gasteiger partial charge < -0.3 is 4.90 Å². The molecule has 0 unspecified atom stereocenters. The van der Waals surface area contributed by atoms with Crippen LogP contribution < -0.4 is 0 Å². The Labute approximate surface area is 56.4 Å². The molecule has 0 aliphatic carbocycles. The van der Waals surface area contributed by atoms with E-state index in [2.05, 4.69) is 25.9 Å². The third-order valence-corrected chi connectivity index (χ3v) is 2.09. The lowest BCUT2D eigenvalue weighted by Gasteiger charge is -2.06. The molecule has 0 bridgehead atoms. The van der Waals surface area contributed by atoms with E-state index in [1.165, 1.54) is 12.2 Å². The fraction of sp³-hybridized carbons (Fsp3) is 1.00. The first kappa shape index (κ1) is 8.31. The number of nitrogens with zero attached hydrogens (tertiary/aromatic N) is 1. The Morgan fingerprint density at radius 3 is 2.38 bits per heavy atom. The second-order valence-corrected chi connectivity index (χ2v) is 3.19. The van der Waals surface area contributed by atoms with E-state index in [0.29, 0.717) is 0 Å². The fourth-order valence-electron chi connectivity index (χ4n) is 0.391. The minimum absolute atomic E-state index is 1.16. The summed E-state index contributed by atoms with van der Waals surface area (Å²) in [5, 5.41) is 0. The normalized spacial score (nSPS) is 10.5. The lowest BCUT2D eigenvalue weighted by Crippen LogP contribution is -2.09. The lowest BCUT2D eigenvalue weighted by molar-refractivity contribution is 0.485. The molecule has 1 nitrogen and oxygen atoms in total. The van der Waals surface area contributed by atoms with Crippen molar-refractivity contribution >= 4 is 11.8 Å². The molecule has 2 heteroatoms. The van der Waals surface area contributed by atoms with E-state index in [4.69, 9.17) is 0 Å². The van der Waals surface area contributed by atoms with Gasteiger partial charge in [-0.1, -0.05) is 6.92 Å². The Morgan fingerprint density at radius 2 is 2.00 bits per heavy atom. The van der Waals surface area contributed by atoms with Crippen molar-refractivity contribution < 1.29 is 0 Å². The summed E-state index contributed by atoms with van der Waals surface area (Å²) in [5.41, 5.74) is 0. The average Bonchev–Trinajstić information content (AvgIpc) is 1.66. The van der Waals surface area contributed by atoms with Crippen LogP contribution in [-0.2, 0) is 0 Å². The lowest BCUT2D eigenvalue weighted by atomic mass is 10.6. The molecule has 0 saturated carbocycles. The second-order valence-electron chi connectivity index (χ2n) is 2.12. The molecule has 0 aromatic rings. The summed E-state index contributed by atoms with van der Waals surface area (Å²) >= 11 is 1.99. The van der Waals surface area contributed by atoms with Gasteiger partial charge in [0.05, 0.1) is 0 Å². The summed E-state index contributed by atoms with van der Waals surface area (Å²) in [7, 11) is 4.20. The van der Waals surface area contributed by atoms with Gasteiger partial charge in [-0.25, -0.2) is 0 Å². The van der Waals surface area contributed by atoms with Crippen LogP contribution in [0.3, 0.4) is 0 Å². The maximum absolute atomic E-state index is 2.21. The maximum Gasteiger partial charge on any atom is 0.0438 e. The number of thioether (sulfide) groups is 1. The highest BCUT2D eigenvalue weighted by molar-refractivity contribution is 7.99. The summed E-state index contributed by atoms with van der Waals surface area (Å²) in [6.07, 6.45) is 1.29. The van der Waals surface area contributed by atoms with Gasteiger partial charge in [-0.05, 0) is 26.3 Å². The van der Waals surface area contributed by atoms with E-state index in [9.17, 15) is 0 Å². The molecule has 0 radical (unpaired) electrons. The Morgan fingerprint density at radius 1 is 1.38 bits per heavy atom. The molecule has 50 valence electrons. The number of hydrogen-bond donors (Lipinski definition) is 0. The highest BCUT2D eigenvalue weighted by Crippen LogP contribution is 2.01. The van der Waals surface area contributed by atoms with Crippen molar-refractivity contribution in [2.75, 3.05) is 25.7 Å². The van der Waals surface area contributed by atoms with Crippen molar-refractivity contribution in [2.24, 2.45) is 0 Å². The van der Waals surface area contributed by atoms with Crippen molar-refractivity contribution in [1.82, 2.24) is 4.90 Å². The van der Waals surface area contributed by atoms with Crippen LogP contribution in [0.2, 0.25) is 0 Å². The van der Waals surface area contributed by atoms with Gasteiger partial charge in [0.2, 0.25) is 0 Å². The highest BCUT2D eigenvalue weighted by Gasteiger charge is 1.86. The molecule has 0 fully saturated rings. The van der Waals surface area contributed by atoms with E-state index < -0.39 is 0 Å². The molecule has 0 amide bonds. The maximum atomic E-state index is 2.21. The molecule has 8 heavy (non-hydrogen) atoms. The fourth-order valence-corrected chi connectivity index (χ4v) is 1.17. The summed E-state index contributed by atoms with van der Waals surface area (Å²) in [6, 6.07) is 0. The molecule has 0 aromatic heterocycles. The van der Waals surface area contributed by atoms with Gasteiger partial charge in [-0.15, -0.1) is 11.8 Å². The molecule has 0 aromatic carbocycles. The van der Waals surface area contributed by atoms with Crippen molar-refractivity contribution in [3.8, 4) is 0 Å². The van der Waals surface area contributed by atoms with E-state index >= 15 is 0 Å². The van der Waals surface area contributed by atoms with Gasteiger partial charge in [-0.3, -0.25) is 0 Å². The number of rotatable bonds is 4. The van der Waals surface area contributed by atoms with Crippen LogP contribution in [0.15, 0.2) is 0 Å². The van der Waals surface area contributed by atoms with E-state index in [-0.39, 0.29) is 0 Å². The van der Waals surface area contributed by atoms with Crippen LogP contribution in [0.25, 0.3) is 0 Å². The van der Waals surface area contributed by atoms with Gasteiger partial charge >= 0.3 is 0 Å². The zero-order valence-corrected chi connectivity index (χ0v) is 6.79.